The smallest absolute Gasteiger partial charge is 0.266 e. The Bertz CT molecular complexity index is 1150. The Kier molecular flexibility index (Phi) is 5.06. The monoisotopic (exact) mass is 400 g/mol. The van der Waals surface area contributed by atoms with E-state index in [4.69, 9.17) is 4.74 Å². The molecule has 0 fully saturated rings. The van der Waals surface area contributed by atoms with Gasteiger partial charge < -0.3 is 10.1 Å². The van der Waals surface area contributed by atoms with Gasteiger partial charge in [-0.2, -0.15) is 0 Å². The van der Waals surface area contributed by atoms with Gasteiger partial charge in [-0.1, -0.05) is 12.1 Å². The van der Waals surface area contributed by atoms with Gasteiger partial charge >= 0.3 is 0 Å². The summed E-state index contributed by atoms with van der Waals surface area (Å²) in [6.07, 6.45) is 0. The summed E-state index contributed by atoms with van der Waals surface area (Å²) in [7, 11) is 0. The van der Waals surface area contributed by atoms with E-state index in [0.29, 0.717) is 29.3 Å². The predicted octanol–water partition coefficient (Wildman–Crippen LogP) is 4.45. The Hall–Kier alpha value is -3.93. The lowest BCUT2D eigenvalue weighted by Crippen LogP contribution is -2.29. The minimum atomic E-state index is -0.454. The fourth-order valence-electron chi connectivity index (χ4n) is 3.40. The van der Waals surface area contributed by atoms with Crippen molar-refractivity contribution in [3.63, 3.8) is 0 Å². The normalized spacial score (nSPS) is 12.7. The zero-order chi connectivity index (χ0) is 21.3. The minimum Gasteiger partial charge on any atom is -0.494 e. The Morgan fingerprint density at radius 1 is 0.933 bits per heavy atom. The van der Waals surface area contributed by atoms with Gasteiger partial charge in [-0.15, -0.1) is 0 Å². The van der Waals surface area contributed by atoms with Gasteiger partial charge in [0.25, 0.3) is 17.7 Å². The maximum atomic E-state index is 12.9. The number of rotatable bonds is 5. The molecule has 6 heteroatoms. The van der Waals surface area contributed by atoms with E-state index < -0.39 is 11.8 Å². The van der Waals surface area contributed by atoms with Gasteiger partial charge in [-0.3, -0.25) is 14.4 Å². The van der Waals surface area contributed by atoms with Crippen molar-refractivity contribution in [1.29, 1.82) is 0 Å². The number of anilines is 2. The highest BCUT2D eigenvalue weighted by Crippen LogP contribution is 2.30. The van der Waals surface area contributed by atoms with E-state index in [1.165, 1.54) is 12.1 Å². The number of benzene rings is 3. The number of aryl methyl sites for hydroxylation is 1. The number of hydrogen-bond donors (Lipinski definition) is 1. The average molecular weight is 400 g/mol. The van der Waals surface area contributed by atoms with Crippen LogP contribution in [-0.4, -0.2) is 24.3 Å². The van der Waals surface area contributed by atoms with Crippen LogP contribution < -0.4 is 15.0 Å². The second-order valence-electron chi connectivity index (χ2n) is 6.96. The lowest BCUT2D eigenvalue weighted by molar-refractivity contribution is 0.0925. The molecular weight excluding hydrogens is 380 g/mol. The fourth-order valence-corrected chi connectivity index (χ4v) is 3.40. The van der Waals surface area contributed by atoms with Gasteiger partial charge in [0.05, 0.1) is 23.4 Å². The lowest BCUT2D eigenvalue weighted by atomic mass is 10.1. The summed E-state index contributed by atoms with van der Waals surface area (Å²) in [6.45, 7) is 4.34. The number of fused-ring (bicyclic) bond motifs is 1. The van der Waals surface area contributed by atoms with Crippen molar-refractivity contribution in [2.45, 2.75) is 13.8 Å². The molecule has 3 aromatic rings. The summed E-state index contributed by atoms with van der Waals surface area (Å²) in [5.74, 6) is -0.551. The quantitative estimate of drug-likeness (QED) is 0.642. The Morgan fingerprint density at radius 2 is 1.67 bits per heavy atom. The second kappa shape index (κ2) is 7.83. The highest BCUT2D eigenvalue weighted by atomic mass is 16.5. The number of nitrogens with zero attached hydrogens (tertiary/aromatic N) is 1. The number of amides is 3. The summed E-state index contributed by atoms with van der Waals surface area (Å²) in [4.78, 5) is 39.5. The van der Waals surface area contributed by atoms with Gasteiger partial charge in [-0.05, 0) is 74.0 Å². The first kappa shape index (κ1) is 19.4. The van der Waals surface area contributed by atoms with Crippen LogP contribution in [0.5, 0.6) is 5.75 Å². The topological polar surface area (TPSA) is 75.7 Å². The van der Waals surface area contributed by atoms with E-state index in [9.17, 15) is 14.4 Å². The molecule has 30 heavy (non-hydrogen) atoms. The van der Waals surface area contributed by atoms with Crippen LogP contribution in [0.4, 0.5) is 11.4 Å². The molecule has 1 aliphatic heterocycles. The van der Waals surface area contributed by atoms with Gasteiger partial charge in [0.2, 0.25) is 0 Å². The van der Waals surface area contributed by atoms with Gasteiger partial charge in [0.1, 0.15) is 5.75 Å². The number of nitrogens with one attached hydrogen (secondary N) is 1. The molecule has 0 bridgehead atoms. The Labute approximate surface area is 174 Å². The van der Waals surface area contributed by atoms with Crippen molar-refractivity contribution < 1.29 is 19.1 Å². The third kappa shape index (κ3) is 3.55. The van der Waals surface area contributed by atoms with Crippen LogP contribution in [0.15, 0.2) is 66.7 Å². The van der Waals surface area contributed by atoms with Crippen LogP contribution in [0.1, 0.15) is 43.6 Å². The van der Waals surface area contributed by atoms with E-state index >= 15 is 0 Å². The molecule has 150 valence electrons. The van der Waals surface area contributed by atoms with Gasteiger partial charge in [0, 0.05) is 11.3 Å². The third-order valence-electron chi connectivity index (χ3n) is 4.83. The number of carbonyl (C=O) groups excluding carboxylic acids is 3. The molecule has 0 radical (unpaired) electrons. The van der Waals surface area contributed by atoms with Crippen molar-refractivity contribution in [3.8, 4) is 5.75 Å². The number of carbonyl (C=O) groups is 3. The fraction of sp³-hybridized carbons (Fsp3) is 0.125. The highest BCUT2D eigenvalue weighted by molar-refractivity contribution is 6.34. The first-order valence-electron chi connectivity index (χ1n) is 9.61. The predicted molar refractivity (Wildman–Crippen MR) is 114 cm³/mol. The Morgan fingerprint density at radius 3 is 2.37 bits per heavy atom. The third-order valence-corrected chi connectivity index (χ3v) is 4.83. The zero-order valence-corrected chi connectivity index (χ0v) is 16.6. The first-order chi connectivity index (χ1) is 14.5. The number of imide groups is 1. The molecule has 3 amide bonds. The summed E-state index contributed by atoms with van der Waals surface area (Å²) in [5.41, 5.74) is 2.94. The SMILES string of the molecule is CCOc1ccc(N2C(=O)c3ccc(C(=O)Nc4cccc(C)c4)cc3C2=O)cc1. The molecule has 0 atom stereocenters. The van der Waals surface area contributed by atoms with Crippen LogP contribution in [0.25, 0.3) is 0 Å². The molecule has 1 heterocycles. The largest absolute Gasteiger partial charge is 0.494 e. The van der Waals surface area contributed by atoms with E-state index in [0.717, 1.165) is 10.5 Å². The van der Waals surface area contributed by atoms with Crippen molar-refractivity contribution in [2.24, 2.45) is 0 Å². The molecule has 0 saturated heterocycles. The average Bonchev–Trinajstić information content (AvgIpc) is 2.99. The molecule has 3 aromatic carbocycles. The van der Waals surface area contributed by atoms with Crippen molar-refractivity contribution in [3.05, 3.63) is 89.0 Å². The van der Waals surface area contributed by atoms with E-state index in [1.54, 1.807) is 36.4 Å². The molecule has 4 rings (SSSR count). The number of ether oxygens (including phenoxy) is 1. The van der Waals surface area contributed by atoms with Crippen LogP contribution >= 0.6 is 0 Å². The maximum Gasteiger partial charge on any atom is 0.266 e. The molecule has 0 spiro atoms. The second-order valence-corrected chi connectivity index (χ2v) is 6.96. The van der Waals surface area contributed by atoms with Crippen molar-refractivity contribution in [1.82, 2.24) is 0 Å². The number of hydrogen-bond acceptors (Lipinski definition) is 4. The first-order valence-corrected chi connectivity index (χ1v) is 9.61. The van der Waals surface area contributed by atoms with Crippen molar-refractivity contribution >= 4 is 29.1 Å². The summed E-state index contributed by atoms with van der Waals surface area (Å²) in [5, 5.41) is 2.81. The van der Waals surface area contributed by atoms with Crippen LogP contribution in [0.3, 0.4) is 0 Å². The standard InChI is InChI=1S/C24H20N2O4/c1-3-30-19-10-8-18(9-11-19)26-23(28)20-12-7-16(14-21(20)24(26)29)22(27)25-17-6-4-5-15(2)13-17/h4-14H,3H2,1-2H3,(H,25,27). The molecule has 0 aliphatic carbocycles. The van der Waals surface area contributed by atoms with Gasteiger partial charge in [0.15, 0.2) is 0 Å². The maximum absolute atomic E-state index is 12.9. The van der Waals surface area contributed by atoms with Crippen molar-refractivity contribution in [2.75, 3.05) is 16.8 Å². The lowest BCUT2D eigenvalue weighted by Gasteiger charge is -2.14. The molecular formula is C24H20N2O4. The van der Waals surface area contributed by atoms with Crippen LogP contribution in [0.2, 0.25) is 0 Å². The molecule has 0 aromatic heterocycles. The summed E-state index contributed by atoms with van der Waals surface area (Å²) < 4.78 is 5.40. The van der Waals surface area contributed by atoms with Gasteiger partial charge in [-0.25, -0.2) is 4.90 Å². The van der Waals surface area contributed by atoms with E-state index in [-0.39, 0.29) is 17.0 Å². The highest BCUT2D eigenvalue weighted by Gasteiger charge is 2.37. The van der Waals surface area contributed by atoms with Crippen LogP contribution in [0, 0.1) is 6.92 Å². The van der Waals surface area contributed by atoms with Crippen LogP contribution in [-0.2, 0) is 0 Å². The Balaban J connectivity index is 1.59. The molecule has 1 aliphatic rings. The minimum absolute atomic E-state index is 0.214. The summed E-state index contributed by atoms with van der Waals surface area (Å²) in [6, 6.07) is 18.7. The zero-order valence-electron chi connectivity index (χ0n) is 16.6. The van der Waals surface area contributed by atoms with E-state index in [1.807, 2.05) is 32.0 Å². The molecule has 0 unspecified atom stereocenters. The van der Waals surface area contributed by atoms with E-state index in [2.05, 4.69) is 5.32 Å². The molecule has 6 nitrogen and oxygen atoms in total. The molecule has 1 N–H and O–H groups in total. The molecule has 0 saturated carbocycles. The summed E-state index contributed by atoms with van der Waals surface area (Å²) >= 11 is 0.